The molecular formula is C56H46N2S. The molecule has 0 aliphatic heterocycles. The highest BCUT2D eigenvalue weighted by Gasteiger charge is 2.52. The molecule has 0 bridgehead atoms. The first-order valence-corrected chi connectivity index (χ1v) is 22.1. The lowest BCUT2D eigenvalue weighted by Gasteiger charge is -2.33. The lowest BCUT2D eigenvalue weighted by Crippen LogP contribution is -2.28. The monoisotopic (exact) mass is 778 g/mol. The van der Waals surface area contributed by atoms with Gasteiger partial charge >= 0.3 is 0 Å². The molecule has 0 saturated heterocycles. The third kappa shape index (κ3) is 5.81. The fraction of sp³-hybridized carbons (Fsp3) is 0.143. The van der Waals surface area contributed by atoms with Crippen molar-refractivity contribution in [2.45, 2.75) is 50.3 Å². The molecule has 8 aromatic rings. The summed E-state index contributed by atoms with van der Waals surface area (Å²) in [5, 5.41) is 2.47. The maximum absolute atomic E-state index is 3.54. The minimum Gasteiger partial charge on any atom is -0.310 e. The van der Waals surface area contributed by atoms with E-state index in [1.54, 1.807) is 0 Å². The number of allylic oxidation sites excluding steroid dienone is 4. The first-order chi connectivity index (χ1) is 29.3. The van der Waals surface area contributed by atoms with Crippen molar-refractivity contribution >= 4 is 56.2 Å². The Hall–Kier alpha value is -6.47. The standard InChI is InChI=1S/C54H40N2S.C2H6/c1-2-3-33-57-41-29-31-45-42-21-11-6-12-24-48(42)54(51(45)36-41)49-25-15-13-22-43(49)44-30-27-40(35-50(44)54)55(37-17-7-4-8-18-37)39-28-32-53-47(34-39)46-23-14-16-26-52(46)56(53)38-19-9-5-10-20-38;1-2/h4-5,7-11,13-23,25-32,34-36H,2-3,24,33H2,1H3;1-2H3. The molecule has 7 aromatic carbocycles. The summed E-state index contributed by atoms with van der Waals surface area (Å²) >= 11 is 1.98. The van der Waals surface area contributed by atoms with Crippen molar-refractivity contribution in [3.05, 3.63) is 204 Å². The molecule has 0 fully saturated rings. The Balaban J connectivity index is 0.00000207. The van der Waals surface area contributed by atoms with E-state index in [9.17, 15) is 0 Å². The molecule has 11 rings (SSSR count). The van der Waals surface area contributed by atoms with E-state index >= 15 is 0 Å². The van der Waals surface area contributed by atoms with E-state index in [0.29, 0.717) is 0 Å². The van der Waals surface area contributed by atoms with Gasteiger partial charge in [0, 0.05) is 44.8 Å². The van der Waals surface area contributed by atoms with Crippen molar-refractivity contribution in [3.63, 3.8) is 0 Å². The van der Waals surface area contributed by atoms with Crippen LogP contribution in [0, 0.1) is 11.8 Å². The number of hydrogen-bond acceptors (Lipinski definition) is 2. The topological polar surface area (TPSA) is 8.17 Å². The van der Waals surface area contributed by atoms with E-state index in [2.05, 4.69) is 204 Å². The largest absolute Gasteiger partial charge is 0.310 e. The number of rotatable bonds is 8. The second-order valence-electron chi connectivity index (χ2n) is 15.2. The van der Waals surface area contributed by atoms with Gasteiger partial charge in [0.05, 0.1) is 16.4 Å². The van der Waals surface area contributed by atoms with Crippen LogP contribution in [-0.2, 0) is 5.41 Å². The fourth-order valence-corrected chi connectivity index (χ4v) is 10.8. The van der Waals surface area contributed by atoms with Gasteiger partial charge in [-0.15, -0.1) is 11.8 Å². The SMILES string of the molecule is CC.CCCCSc1ccc2c(c1)C1(C3=C2C=CC#CC3)c2ccccc2-c2ccc(N(c3ccccc3)c3ccc4c(c3)c3ccccc3n4-c3ccccc3)cc21. The van der Waals surface area contributed by atoms with Crippen molar-refractivity contribution in [1.82, 2.24) is 4.57 Å². The zero-order chi connectivity index (χ0) is 39.9. The van der Waals surface area contributed by atoms with Crippen LogP contribution < -0.4 is 4.90 Å². The van der Waals surface area contributed by atoms with Crippen LogP contribution in [0.25, 0.3) is 44.2 Å². The van der Waals surface area contributed by atoms with Crippen molar-refractivity contribution in [3.8, 4) is 28.7 Å². The van der Waals surface area contributed by atoms with Gasteiger partial charge in [0.15, 0.2) is 0 Å². The Morgan fingerprint density at radius 1 is 0.610 bits per heavy atom. The van der Waals surface area contributed by atoms with Crippen molar-refractivity contribution in [1.29, 1.82) is 0 Å². The summed E-state index contributed by atoms with van der Waals surface area (Å²) < 4.78 is 2.39. The summed E-state index contributed by atoms with van der Waals surface area (Å²) in [5.41, 5.74) is 17.2. The first-order valence-electron chi connectivity index (χ1n) is 21.1. The Labute approximate surface area is 352 Å². The highest BCUT2D eigenvalue weighted by Crippen LogP contribution is 2.64. The third-order valence-electron chi connectivity index (χ3n) is 12.2. The van der Waals surface area contributed by atoms with Gasteiger partial charge < -0.3 is 9.47 Å². The van der Waals surface area contributed by atoms with Gasteiger partial charge in [-0.2, -0.15) is 0 Å². The van der Waals surface area contributed by atoms with Gasteiger partial charge in [0.1, 0.15) is 0 Å². The van der Waals surface area contributed by atoms with Gasteiger partial charge in [0.2, 0.25) is 0 Å². The Morgan fingerprint density at radius 3 is 2.14 bits per heavy atom. The normalized spacial score (nSPS) is 15.5. The highest BCUT2D eigenvalue weighted by molar-refractivity contribution is 7.99. The third-order valence-corrected chi connectivity index (χ3v) is 13.2. The number of fused-ring (bicyclic) bond motifs is 12. The summed E-state index contributed by atoms with van der Waals surface area (Å²) in [4.78, 5) is 3.78. The van der Waals surface area contributed by atoms with Crippen LogP contribution in [0.2, 0.25) is 0 Å². The molecule has 1 aromatic heterocycles. The smallest absolute Gasteiger partial charge is 0.0698 e. The van der Waals surface area contributed by atoms with Gasteiger partial charge in [0.25, 0.3) is 0 Å². The van der Waals surface area contributed by atoms with E-state index in [-0.39, 0.29) is 0 Å². The van der Waals surface area contributed by atoms with Crippen molar-refractivity contribution < 1.29 is 0 Å². The molecule has 1 unspecified atom stereocenters. The average Bonchev–Trinajstić information content (AvgIpc) is 3.78. The molecule has 0 N–H and O–H groups in total. The molecule has 1 heterocycles. The quantitative estimate of drug-likeness (QED) is 0.0862. The Bertz CT molecular complexity index is 3010. The zero-order valence-corrected chi connectivity index (χ0v) is 34.7. The molecule has 286 valence electrons. The number of aromatic nitrogens is 1. The molecule has 0 amide bonds. The van der Waals surface area contributed by atoms with Crippen molar-refractivity contribution in [2.24, 2.45) is 0 Å². The van der Waals surface area contributed by atoms with Gasteiger partial charge in [-0.05, 0) is 142 Å². The second kappa shape index (κ2) is 15.4. The lowest BCUT2D eigenvalue weighted by atomic mass is 9.69. The number of thioether (sulfide) groups is 1. The predicted octanol–water partition coefficient (Wildman–Crippen LogP) is 15.2. The fourth-order valence-electron chi connectivity index (χ4n) is 9.76. The Morgan fingerprint density at radius 2 is 1.29 bits per heavy atom. The van der Waals surface area contributed by atoms with E-state index in [0.717, 1.165) is 34.9 Å². The number of para-hydroxylation sites is 3. The van der Waals surface area contributed by atoms with Crippen LogP contribution in [0.1, 0.15) is 62.3 Å². The molecule has 3 aliphatic rings. The van der Waals surface area contributed by atoms with Crippen LogP contribution in [0.4, 0.5) is 17.1 Å². The Kier molecular flexibility index (Phi) is 9.60. The van der Waals surface area contributed by atoms with Gasteiger partial charge in [-0.3, -0.25) is 0 Å². The molecule has 1 atom stereocenters. The number of unbranched alkanes of at least 4 members (excludes halogenated alkanes) is 1. The summed E-state index contributed by atoms with van der Waals surface area (Å²) in [5.74, 6) is 8.00. The van der Waals surface area contributed by atoms with E-state index in [1.165, 1.54) is 84.1 Å². The minimum atomic E-state index is -0.452. The van der Waals surface area contributed by atoms with Gasteiger partial charge in [-0.1, -0.05) is 130 Å². The van der Waals surface area contributed by atoms with E-state index in [1.807, 2.05) is 25.6 Å². The molecule has 3 aliphatic carbocycles. The maximum Gasteiger partial charge on any atom is 0.0698 e. The molecular weight excluding hydrogens is 733 g/mol. The minimum absolute atomic E-state index is 0.452. The molecule has 3 heteroatoms. The van der Waals surface area contributed by atoms with E-state index in [4.69, 9.17) is 0 Å². The lowest BCUT2D eigenvalue weighted by molar-refractivity contribution is 0.748. The van der Waals surface area contributed by atoms with Crippen LogP contribution in [0.3, 0.4) is 0 Å². The number of nitrogens with zero attached hydrogens (tertiary/aromatic N) is 2. The maximum atomic E-state index is 3.54. The number of benzene rings is 7. The van der Waals surface area contributed by atoms with Crippen LogP contribution in [-0.4, -0.2) is 10.3 Å². The summed E-state index contributed by atoms with van der Waals surface area (Å²) in [6.45, 7) is 6.27. The number of anilines is 3. The molecule has 0 saturated carbocycles. The predicted molar refractivity (Wildman–Crippen MR) is 253 cm³/mol. The summed E-state index contributed by atoms with van der Waals surface area (Å²) in [6.07, 6.45) is 7.45. The van der Waals surface area contributed by atoms with Crippen LogP contribution >= 0.6 is 11.8 Å². The summed E-state index contributed by atoms with van der Waals surface area (Å²) in [6, 6.07) is 60.9. The number of hydrogen-bond donors (Lipinski definition) is 0. The molecule has 1 spiro atoms. The molecule has 59 heavy (non-hydrogen) atoms. The highest BCUT2D eigenvalue weighted by atomic mass is 32.2. The summed E-state index contributed by atoms with van der Waals surface area (Å²) in [7, 11) is 0. The zero-order valence-electron chi connectivity index (χ0n) is 33.9. The van der Waals surface area contributed by atoms with Gasteiger partial charge in [-0.25, -0.2) is 0 Å². The van der Waals surface area contributed by atoms with E-state index < -0.39 is 5.41 Å². The van der Waals surface area contributed by atoms with Crippen LogP contribution in [0.15, 0.2) is 186 Å². The van der Waals surface area contributed by atoms with Crippen molar-refractivity contribution in [2.75, 3.05) is 10.7 Å². The second-order valence-corrected chi connectivity index (χ2v) is 16.4. The molecule has 2 nitrogen and oxygen atoms in total. The van der Waals surface area contributed by atoms with Crippen LogP contribution in [0.5, 0.6) is 0 Å². The first kappa shape index (κ1) is 36.8. The molecule has 0 radical (unpaired) electrons. The average molecular weight is 779 g/mol.